The molecule has 0 saturated carbocycles. The van der Waals surface area contributed by atoms with E-state index in [0.717, 1.165) is 6.61 Å². The highest BCUT2D eigenvalue weighted by Gasteiger charge is 2.52. The summed E-state index contributed by atoms with van der Waals surface area (Å²) in [5.74, 6) is -1.58. The van der Waals surface area contributed by atoms with Crippen molar-refractivity contribution in [3.8, 4) is 0 Å². The van der Waals surface area contributed by atoms with Crippen molar-refractivity contribution in [1.82, 2.24) is 0 Å². The fourth-order valence-electron chi connectivity index (χ4n) is 4.77. The lowest BCUT2D eigenvalue weighted by Crippen LogP contribution is -2.50. The molecule has 0 bridgehead atoms. The normalized spacial score (nSPS) is 13.2. The van der Waals surface area contributed by atoms with Gasteiger partial charge in [-0.1, -0.05) is 175 Å². The van der Waals surface area contributed by atoms with E-state index in [1.54, 1.807) is 0 Å². The monoisotopic (exact) mass is 675 g/mol. The summed E-state index contributed by atoms with van der Waals surface area (Å²) >= 11 is 0. The Balaban J connectivity index is -0.0000000680. The minimum atomic E-state index is -1.58. The molecule has 0 heterocycles. The van der Waals surface area contributed by atoms with Crippen LogP contribution in [0.15, 0.2) is 0 Å². The van der Waals surface area contributed by atoms with Gasteiger partial charge in [-0.05, 0) is 47.8 Å². The molecule has 0 fully saturated rings. The number of hydrogen-bond acceptors (Lipinski definition) is 3. The van der Waals surface area contributed by atoms with E-state index < -0.39 is 22.9 Å². The molecule has 0 aromatic carbocycles. The Morgan fingerprint density at radius 3 is 0.761 bits per heavy atom. The van der Waals surface area contributed by atoms with Gasteiger partial charge in [0.25, 0.3) is 0 Å². The molecule has 292 valence electrons. The minimum absolute atomic E-state index is 0. The molecule has 5 heteroatoms. The zero-order chi connectivity index (χ0) is 35.8. The van der Waals surface area contributed by atoms with E-state index in [-0.39, 0.29) is 68.5 Å². The van der Waals surface area contributed by atoms with Crippen molar-refractivity contribution in [2.24, 2.45) is 37.9 Å². The zero-order valence-corrected chi connectivity index (χ0v) is 33.4. The maximum absolute atomic E-state index is 14.3. The average Bonchev–Trinajstić information content (AvgIpc) is 2.66. The van der Waals surface area contributed by atoms with Crippen molar-refractivity contribution in [1.29, 1.82) is 0 Å². The number of hydrogen-bond donors (Lipinski definition) is 1. The van der Waals surface area contributed by atoms with E-state index in [9.17, 15) is 13.9 Å². The Morgan fingerprint density at radius 1 is 0.500 bits per heavy atom. The molecule has 0 amide bonds. The number of aliphatic hydroxyl groups excluding tert-OH is 1. The standard InChI is InChI=1S/C10H21FO.C9H19F.2C9H20O.4CH4/c1-8(2,3)10(11,12-7)9(4,5)6;1-8(2,3)7(10)9(4,5)6;1-8(2,3)7-10-9(4,5)6;1-8(2,3)7(10)9(4,5)6;;;;/h1-7H3;7H,1-6H3;7H2,1-6H3;7,10H,1-6H3;4*1H4. The topological polar surface area (TPSA) is 38.7 Å². The highest BCUT2D eigenvalue weighted by atomic mass is 19.2. The molecule has 0 radical (unpaired) electrons. The third-order valence-corrected chi connectivity index (χ3v) is 6.31. The van der Waals surface area contributed by atoms with Crippen LogP contribution >= 0.6 is 0 Å². The van der Waals surface area contributed by atoms with Crippen molar-refractivity contribution < 1.29 is 23.4 Å². The van der Waals surface area contributed by atoms with Crippen LogP contribution < -0.4 is 0 Å². The van der Waals surface area contributed by atoms with Crippen LogP contribution in [-0.2, 0) is 9.47 Å². The Labute approximate surface area is 294 Å². The van der Waals surface area contributed by atoms with E-state index in [0.29, 0.717) is 0 Å². The van der Waals surface area contributed by atoms with Crippen LogP contribution in [0.4, 0.5) is 8.78 Å². The molecule has 0 aliphatic carbocycles. The molecular weight excluding hydrogens is 578 g/mol. The first kappa shape index (κ1) is 64.3. The molecule has 0 aromatic heterocycles. The van der Waals surface area contributed by atoms with Crippen molar-refractivity contribution >= 4 is 0 Å². The summed E-state index contributed by atoms with van der Waals surface area (Å²) in [5, 5.41) is 9.72. The molecule has 0 saturated heterocycles. The van der Waals surface area contributed by atoms with Gasteiger partial charge in [0.1, 0.15) is 6.17 Å². The van der Waals surface area contributed by atoms with Crippen LogP contribution in [0.5, 0.6) is 0 Å². The first-order chi connectivity index (χ1) is 17.6. The SMILES string of the molecule is C.C.C.C.CC(C)(C)C(F)C(C)(C)C.CC(C)(C)C(O)C(C)(C)C.CC(C)(C)COC(C)(C)C.COC(F)(C(C)(C)C)C(C)(C)C. The van der Waals surface area contributed by atoms with Crippen molar-refractivity contribution in [2.45, 2.75) is 220 Å². The summed E-state index contributed by atoms with van der Waals surface area (Å²) in [4.78, 5) is 0. The first-order valence-electron chi connectivity index (χ1n) is 15.8. The lowest BCUT2D eigenvalue weighted by atomic mass is 9.72. The number of ether oxygens (including phenoxy) is 2. The van der Waals surface area contributed by atoms with Gasteiger partial charge in [0.15, 0.2) is 0 Å². The number of alkyl halides is 2. The van der Waals surface area contributed by atoms with Gasteiger partial charge in [-0.25, -0.2) is 8.78 Å². The van der Waals surface area contributed by atoms with E-state index >= 15 is 0 Å². The molecule has 0 aromatic rings. The Kier molecular flexibility index (Phi) is 30.4. The van der Waals surface area contributed by atoms with Crippen LogP contribution in [0, 0.1) is 37.9 Å². The van der Waals surface area contributed by atoms with Gasteiger partial charge in [0.2, 0.25) is 5.85 Å². The smallest absolute Gasteiger partial charge is 0.218 e. The largest absolute Gasteiger partial charge is 0.392 e. The van der Waals surface area contributed by atoms with Crippen LogP contribution in [0.2, 0.25) is 0 Å². The maximum atomic E-state index is 14.3. The Bertz CT molecular complexity index is 617. The van der Waals surface area contributed by atoms with Gasteiger partial charge >= 0.3 is 0 Å². The quantitative estimate of drug-likeness (QED) is 0.317. The van der Waals surface area contributed by atoms with Gasteiger partial charge < -0.3 is 14.6 Å². The molecule has 0 unspecified atom stereocenters. The van der Waals surface area contributed by atoms with Crippen molar-refractivity contribution in [2.75, 3.05) is 13.7 Å². The molecule has 0 aliphatic rings. The summed E-state index contributed by atoms with van der Waals surface area (Å²) in [6.45, 7) is 48.7. The van der Waals surface area contributed by atoms with Crippen LogP contribution in [0.25, 0.3) is 0 Å². The van der Waals surface area contributed by atoms with Gasteiger partial charge in [0, 0.05) is 17.9 Å². The number of aliphatic hydroxyl groups is 1. The van der Waals surface area contributed by atoms with Crippen LogP contribution in [0.3, 0.4) is 0 Å². The molecule has 3 nitrogen and oxygen atoms in total. The van der Waals surface area contributed by atoms with Crippen LogP contribution in [0.1, 0.15) is 196 Å². The molecule has 0 rings (SSSR count). The predicted molar refractivity (Wildman–Crippen MR) is 211 cm³/mol. The second-order valence-electron chi connectivity index (χ2n) is 20.5. The molecule has 0 atom stereocenters. The maximum Gasteiger partial charge on any atom is 0.218 e. The number of rotatable bonds is 2. The predicted octanol–water partition coefficient (Wildman–Crippen LogP) is 14.6. The lowest BCUT2D eigenvalue weighted by molar-refractivity contribution is -0.251. The lowest BCUT2D eigenvalue weighted by Gasteiger charge is -2.45. The summed E-state index contributed by atoms with van der Waals surface area (Å²) in [6, 6.07) is 0. The molecule has 1 N–H and O–H groups in total. The average molecular weight is 675 g/mol. The van der Waals surface area contributed by atoms with Gasteiger partial charge in [-0.2, -0.15) is 0 Å². The summed E-state index contributed by atoms with van der Waals surface area (Å²) < 4.78 is 38.3. The molecule has 0 spiro atoms. The van der Waals surface area contributed by atoms with Gasteiger partial charge in [0.05, 0.1) is 18.3 Å². The first-order valence-corrected chi connectivity index (χ1v) is 15.8. The fraction of sp³-hybridized carbons (Fsp3) is 1.00. The second kappa shape index (κ2) is 21.7. The third kappa shape index (κ3) is 29.8. The number of methoxy groups -OCH3 is 1. The highest BCUT2D eigenvalue weighted by Crippen LogP contribution is 2.47. The van der Waals surface area contributed by atoms with E-state index in [4.69, 9.17) is 9.47 Å². The van der Waals surface area contributed by atoms with Gasteiger partial charge in [-0.3, -0.25) is 0 Å². The Morgan fingerprint density at radius 2 is 0.739 bits per heavy atom. The second-order valence-corrected chi connectivity index (χ2v) is 20.5. The summed E-state index contributed by atoms with van der Waals surface area (Å²) in [5.41, 5.74) is -1.16. The van der Waals surface area contributed by atoms with Crippen LogP contribution in [-0.4, -0.2) is 42.6 Å². The van der Waals surface area contributed by atoms with Crippen molar-refractivity contribution in [3.05, 3.63) is 0 Å². The Hall–Kier alpha value is -0.260. The molecule has 0 aliphatic heterocycles. The fourth-order valence-corrected chi connectivity index (χ4v) is 4.77. The molecule has 46 heavy (non-hydrogen) atoms. The third-order valence-electron chi connectivity index (χ3n) is 6.31. The summed E-state index contributed by atoms with van der Waals surface area (Å²) in [6.07, 6.45) is -0.972. The zero-order valence-electron chi connectivity index (χ0n) is 33.4. The number of halogens is 2. The van der Waals surface area contributed by atoms with Crippen molar-refractivity contribution in [3.63, 3.8) is 0 Å². The van der Waals surface area contributed by atoms with E-state index in [2.05, 4.69) is 83.1 Å². The highest BCUT2D eigenvalue weighted by molar-refractivity contribution is 4.92. The van der Waals surface area contributed by atoms with Gasteiger partial charge in [-0.15, -0.1) is 0 Å². The minimum Gasteiger partial charge on any atom is -0.392 e. The van der Waals surface area contributed by atoms with E-state index in [1.807, 2.05) is 83.1 Å². The van der Waals surface area contributed by atoms with E-state index in [1.165, 1.54) is 7.11 Å². The molecular formula is C41H96F2O3. The summed E-state index contributed by atoms with van der Waals surface area (Å²) in [7, 11) is 1.43.